The Kier molecular flexibility index (Phi) is 4.87. The maximum Gasteiger partial charge on any atom is 0.356 e. The van der Waals surface area contributed by atoms with E-state index in [1.54, 1.807) is 6.92 Å². The van der Waals surface area contributed by atoms with Crippen molar-refractivity contribution in [2.75, 3.05) is 13.2 Å². The number of nitrogens with one attached hydrogen (secondary N) is 1. The van der Waals surface area contributed by atoms with Crippen molar-refractivity contribution in [2.45, 2.75) is 19.4 Å². The molecular formula is C15H16F2N2O3. The average Bonchev–Trinajstić information content (AvgIpc) is 2.48. The number of rotatable bonds is 4. The molecule has 0 amide bonds. The molecule has 0 aromatic heterocycles. The van der Waals surface area contributed by atoms with Crippen molar-refractivity contribution in [3.8, 4) is 0 Å². The maximum atomic E-state index is 13.8. The molecule has 22 heavy (non-hydrogen) atoms. The van der Waals surface area contributed by atoms with Gasteiger partial charge in [-0.15, -0.1) is 0 Å². The number of nitrogens with two attached hydrogens (primary N) is 1. The fourth-order valence-electron chi connectivity index (χ4n) is 2.20. The lowest BCUT2D eigenvalue weighted by Gasteiger charge is -2.26. The van der Waals surface area contributed by atoms with E-state index in [4.69, 9.17) is 20.6 Å². The lowest BCUT2D eigenvalue weighted by molar-refractivity contribution is -0.135. The van der Waals surface area contributed by atoms with E-state index in [1.165, 1.54) is 6.07 Å². The lowest BCUT2D eigenvalue weighted by atomic mass is 9.94. The van der Waals surface area contributed by atoms with Gasteiger partial charge in [0.15, 0.2) is 0 Å². The minimum atomic E-state index is -0.791. The maximum absolute atomic E-state index is 13.8. The van der Waals surface area contributed by atoms with E-state index in [-0.39, 0.29) is 42.2 Å². The van der Waals surface area contributed by atoms with Crippen LogP contribution in [0.3, 0.4) is 0 Å². The summed E-state index contributed by atoms with van der Waals surface area (Å²) in [7, 11) is 0. The number of carbonyl (C=O) groups is 1. The summed E-state index contributed by atoms with van der Waals surface area (Å²) in [6.07, 6.45) is -0.691. The van der Waals surface area contributed by atoms with Gasteiger partial charge in [0.25, 0.3) is 0 Å². The van der Waals surface area contributed by atoms with E-state index < -0.39 is 23.7 Å². The lowest BCUT2D eigenvalue weighted by Crippen LogP contribution is -2.29. The van der Waals surface area contributed by atoms with Crippen molar-refractivity contribution in [1.29, 1.82) is 5.41 Å². The van der Waals surface area contributed by atoms with Gasteiger partial charge in [0.2, 0.25) is 0 Å². The molecular weight excluding hydrogens is 294 g/mol. The first-order valence-corrected chi connectivity index (χ1v) is 6.74. The first kappa shape index (κ1) is 16.1. The molecule has 0 saturated carbocycles. The summed E-state index contributed by atoms with van der Waals surface area (Å²) in [4.78, 5) is 11.6. The summed E-state index contributed by atoms with van der Waals surface area (Å²) in [5, 5.41) is 7.84. The third-order valence-corrected chi connectivity index (χ3v) is 3.31. The van der Waals surface area contributed by atoms with Crippen LogP contribution in [0.1, 0.15) is 25.0 Å². The van der Waals surface area contributed by atoms with Crippen molar-refractivity contribution in [3.63, 3.8) is 0 Å². The second-order valence-electron chi connectivity index (χ2n) is 4.77. The highest BCUT2D eigenvalue weighted by Crippen LogP contribution is 2.32. The van der Waals surface area contributed by atoms with E-state index in [1.807, 2.05) is 0 Å². The van der Waals surface area contributed by atoms with Crippen LogP contribution in [0.2, 0.25) is 0 Å². The van der Waals surface area contributed by atoms with Crippen LogP contribution in [0.25, 0.3) is 0 Å². The number of hydrogen-bond donors (Lipinski definition) is 2. The van der Waals surface area contributed by atoms with Gasteiger partial charge in [-0.25, -0.2) is 13.6 Å². The fraction of sp³-hybridized carbons (Fsp3) is 0.333. The molecule has 0 fully saturated rings. The molecule has 0 bridgehead atoms. The molecule has 5 nitrogen and oxygen atoms in total. The molecule has 1 aliphatic rings. The minimum Gasteiger partial charge on any atom is -0.461 e. The molecule has 0 spiro atoms. The Bertz CT molecular complexity index is 644. The first-order valence-electron chi connectivity index (χ1n) is 6.74. The SMILES string of the molecule is CCOC(=O)C(=N)C1=C(N)COC(c2ccc(F)cc2F)C1. The van der Waals surface area contributed by atoms with Crippen LogP contribution in [0, 0.1) is 17.0 Å². The van der Waals surface area contributed by atoms with E-state index in [0.29, 0.717) is 0 Å². The molecule has 0 radical (unpaired) electrons. The summed E-state index contributed by atoms with van der Waals surface area (Å²) in [5.74, 6) is -2.22. The van der Waals surface area contributed by atoms with Crippen LogP contribution in [0.4, 0.5) is 8.78 Å². The minimum absolute atomic E-state index is 0.0431. The standard InChI is InChI=1S/C15H16F2N2O3/c1-2-21-15(20)14(19)10-6-13(22-7-12(10)18)9-4-3-8(16)5-11(9)17/h3-5,13,19H,2,6-7,18H2,1H3. The summed E-state index contributed by atoms with van der Waals surface area (Å²) in [6, 6.07) is 3.17. The van der Waals surface area contributed by atoms with Crippen molar-refractivity contribution in [2.24, 2.45) is 5.73 Å². The molecule has 1 aromatic carbocycles. The zero-order valence-electron chi connectivity index (χ0n) is 12.0. The molecule has 1 unspecified atom stereocenters. The smallest absolute Gasteiger partial charge is 0.356 e. The monoisotopic (exact) mass is 310 g/mol. The van der Waals surface area contributed by atoms with Crippen LogP contribution in [0.15, 0.2) is 29.5 Å². The quantitative estimate of drug-likeness (QED) is 0.659. The third-order valence-electron chi connectivity index (χ3n) is 3.31. The molecule has 118 valence electrons. The average molecular weight is 310 g/mol. The van der Waals surface area contributed by atoms with Crippen LogP contribution < -0.4 is 5.73 Å². The van der Waals surface area contributed by atoms with Gasteiger partial charge in [0.1, 0.15) is 17.3 Å². The summed E-state index contributed by atoms with van der Waals surface area (Å²) >= 11 is 0. The van der Waals surface area contributed by atoms with Gasteiger partial charge < -0.3 is 15.2 Å². The van der Waals surface area contributed by atoms with Crippen molar-refractivity contribution in [1.82, 2.24) is 0 Å². The molecule has 0 aliphatic carbocycles. The normalized spacial score (nSPS) is 18.2. The Labute approximate surface area is 126 Å². The molecule has 1 aromatic rings. The van der Waals surface area contributed by atoms with Crippen LogP contribution >= 0.6 is 0 Å². The topological polar surface area (TPSA) is 85.4 Å². The van der Waals surface area contributed by atoms with Gasteiger partial charge in [-0.3, -0.25) is 5.41 Å². The van der Waals surface area contributed by atoms with Gasteiger partial charge in [0, 0.05) is 29.3 Å². The molecule has 2 rings (SSSR count). The highest BCUT2D eigenvalue weighted by molar-refractivity contribution is 6.42. The molecule has 1 atom stereocenters. The summed E-state index contributed by atoms with van der Waals surface area (Å²) in [6.45, 7) is 1.73. The van der Waals surface area contributed by atoms with Gasteiger partial charge in [0.05, 0.1) is 19.3 Å². The van der Waals surface area contributed by atoms with E-state index in [9.17, 15) is 13.6 Å². The van der Waals surface area contributed by atoms with E-state index >= 15 is 0 Å². The summed E-state index contributed by atoms with van der Waals surface area (Å²) < 4.78 is 37.0. The van der Waals surface area contributed by atoms with Crippen molar-refractivity contribution >= 4 is 11.7 Å². The fourth-order valence-corrected chi connectivity index (χ4v) is 2.20. The van der Waals surface area contributed by atoms with Gasteiger partial charge in [-0.05, 0) is 13.0 Å². The third kappa shape index (κ3) is 3.30. The molecule has 1 aliphatic heterocycles. The number of halogens is 2. The number of benzene rings is 1. The van der Waals surface area contributed by atoms with Crippen LogP contribution in [-0.4, -0.2) is 24.9 Å². The molecule has 1 heterocycles. The van der Waals surface area contributed by atoms with E-state index in [2.05, 4.69) is 0 Å². The van der Waals surface area contributed by atoms with E-state index in [0.717, 1.165) is 12.1 Å². The van der Waals surface area contributed by atoms with Gasteiger partial charge in [-0.2, -0.15) is 0 Å². The number of hydrogen-bond acceptors (Lipinski definition) is 5. The Morgan fingerprint density at radius 1 is 1.50 bits per heavy atom. The predicted molar refractivity (Wildman–Crippen MR) is 75.2 cm³/mol. The Morgan fingerprint density at radius 2 is 2.23 bits per heavy atom. The van der Waals surface area contributed by atoms with Gasteiger partial charge in [-0.1, -0.05) is 6.07 Å². The predicted octanol–water partition coefficient (Wildman–Crippen LogP) is 2.22. The highest BCUT2D eigenvalue weighted by Gasteiger charge is 2.29. The van der Waals surface area contributed by atoms with Crippen LogP contribution in [0.5, 0.6) is 0 Å². The number of ether oxygens (including phenoxy) is 2. The van der Waals surface area contributed by atoms with Crippen molar-refractivity contribution < 1.29 is 23.0 Å². The second kappa shape index (κ2) is 6.65. The largest absolute Gasteiger partial charge is 0.461 e. The number of carbonyl (C=O) groups excluding carboxylic acids is 1. The molecule has 7 heteroatoms. The highest BCUT2D eigenvalue weighted by atomic mass is 19.1. The zero-order chi connectivity index (χ0) is 16.3. The van der Waals surface area contributed by atoms with Crippen LogP contribution in [-0.2, 0) is 14.3 Å². The zero-order valence-corrected chi connectivity index (χ0v) is 12.0. The van der Waals surface area contributed by atoms with Gasteiger partial charge >= 0.3 is 5.97 Å². The Morgan fingerprint density at radius 3 is 2.86 bits per heavy atom. The first-order chi connectivity index (χ1) is 10.4. The Hall–Kier alpha value is -2.28. The number of esters is 1. The second-order valence-corrected chi connectivity index (χ2v) is 4.77. The molecule has 3 N–H and O–H groups in total. The van der Waals surface area contributed by atoms with Crippen molar-refractivity contribution in [3.05, 3.63) is 46.7 Å². The molecule has 0 saturated heterocycles. The summed E-state index contributed by atoms with van der Waals surface area (Å²) in [5.41, 5.74) is 6.05. The Balaban J connectivity index is 2.23.